The third-order valence-corrected chi connectivity index (χ3v) is 3.36. The van der Waals surface area contributed by atoms with Gasteiger partial charge in [0.05, 0.1) is 0 Å². The van der Waals surface area contributed by atoms with Crippen LogP contribution in [-0.2, 0) is 4.79 Å². The Hall–Kier alpha value is -0.180. The summed E-state index contributed by atoms with van der Waals surface area (Å²) in [5.41, 5.74) is 0. The van der Waals surface area contributed by atoms with Gasteiger partial charge in [0.25, 0.3) is 0 Å². The summed E-state index contributed by atoms with van der Waals surface area (Å²) in [4.78, 5) is 12.9. The fourth-order valence-corrected chi connectivity index (χ4v) is 2.09. The highest BCUT2D eigenvalue weighted by Crippen LogP contribution is 2.20. The largest absolute Gasteiger partial charge is 0.343 e. The van der Waals surface area contributed by atoms with E-state index in [0.717, 1.165) is 18.3 Å². The Morgan fingerprint density at radius 2 is 2.00 bits per heavy atom. The van der Waals surface area contributed by atoms with Gasteiger partial charge >= 0.3 is 0 Å². The van der Waals surface area contributed by atoms with Crippen LogP contribution >= 0.6 is 11.8 Å². The fraction of sp³-hybridized carbons (Fsp3) is 0.875. The third kappa shape index (κ3) is 2.40. The van der Waals surface area contributed by atoms with E-state index >= 15 is 0 Å². The molecule has 1 aliphatic rings. The van der Waals surface area contributed by atoms with Gasteiger partial charge in [-0.25, -0.2) is 0 Å². The molecule has 2 nitrogen and oxygen atoms in total. The molecule has 0 N–H and O–H groups in total. The van der Waals surface area contributed by atoms with Crippen molar-refractivity contribution in [2.75, 3.05) is 19.3 Å². The van der Waals surface area contributed by atoms with Crippen LogP contribution in [0.2, 0.25) is 0 Å². The van der Waals surface area contributed by atoms with Crippen molar-refractivity contribution in [3.8, 4) is 0 Å². The first-order valence-corrected chi connectivity index (χ1v) is 5.31. The van der Waals surface area contributed by atoms with E-state index in [4.69, 9.17) is 0 Å². The normalized spacial score (nSPS) is 20.4. The molecule has 3 heteroatoms. The summed E-state index contributed by atoms with van der Waals surface area (Å²) >= 11 is 1.92. The SMILES string of the molecule is CSC1CCN(C(C)=O)CC1. The molecule has 0 aromatic carbocycles. The Morgan fingerprint density at radius 3 is 2.36 bits per heavy atom. The van der Waals surface area contributed by atoms with Crippen LogP contribution in [0.5, 0.6) is 0 Å². The van der Waals surface area contributed by atoms with Crippen molar-refractivity contribution in [2.45, 2.75) is 25.0 Å². The molecule has 1 saturated heterocycles. The van der Waals surface area contributed by atoms with Crippen LogP contribution in [0.3, 0.4) is 0 Å². The first-order chi connectivity index (χ1) is 5.24. The molecule has 1 amide bonds. The molecule has 1 rings (SSSR count). The van der Waals surface area contributed by atoms with Crippen LogP contribution in [0.25, 0.3) is 0 Å². The number of amides is 1. The summed E-state index contributed by atoms with van der Waals surface area (Å²) in [6, 6.07) is 0. The van der Waals surface area contributed by atoms with Gasteiger partial charge in [-0.05, 0) is 19.1 Å². The van der Waals surface area contributed by atoms with Gasteiger partial charge in [-0.3, -0.25) is 4.79 Å². The lowest BCUT2D eigenvalue weighted by molar-refractivity contribution is -0.129. The first kappa shape index (κ1) is 8.91. The van der Waals surface area contributed by atoms with E-state index in [1.807, 2.05) is 16.7 Å². The average Bonchev–Trinajstić information content (AvgIpc) is 2.05. The molecule has 0 aromatic rings. The Morgan fingerprint density at radius 1 is 1.45 bits per heavy atom. The number of thioether (sulfide) groups is 1. The summed E-state index contributed by atoms with van der Waals surface area (Å²) in [7, 11) is 0. The van der Waals surface area contributed by atoms with Crippen molar-refractivity contribution < 1.29 is 4.79 Å². The Bertz CT molecular complexity index is 141. The van der Waals surface area contributed by atoms with Crippen molar-refractivity contribution in [3.05, 3.63) is 0 Å². The molecule has 1 fully saturated rings. The minimum Gasteiger partial charge on any atom is -0.343 e. The van der Waals surface area contributed by atoms with Crippen molar-refractivity contribution >= 4 is 17.7 Å². The molecule has 0 unspecified atom stereocenters. The second kappa shape index (κ2) is 4.00. The molecule has 0 bridgehead atoms. The number of carbonyl (C=O) groups excluding carboxylic acids is 1. The maximum atomic E-state index is 10.9. The predicted molar refractivity (Wildman–Crippen MR) is 48.8 cm³/mol. The predicted octanol–water partition coefficient (Wildman–Crippen LogP) is 1.36. The minimum absolute atomic E-state index is 0.226. The molecule has 0 aromatic heterocycles. The van der Waals surface area contributed by atoms with Crippen LogP contribution in [0.4, 0.5) is 0 Å². The molecule has 1 aliphatic heterocycles. The Balaban J connectivity index is 2.30. The van der Waals surface area contributed by atoms with Crippen molar-refractivity contribution in [1.82, 2.24) is 4.90 Å². The lowest BCUT2D eigenvalue weighted by Gasteiger charge is -2.30. The second-order valence-corrected chi connectivity index (χ2v) is 4.08. The molecule has 0 saturated carbocycles. The zero-order valence-electron chi connectivity index (χ0n) is 7.17. The van der Waals surface area contributed by atoms with Gasteiger partial charge in [0.1, 0.15) is 0 Å². The van der Waals surface area contributed by atoms with Gasteiger partial charge in [-0.1, -0.05) is 0 Å². The van der Waals surface area contributed by atoms with Gasteiger partial charge in [-0.2, -0.15) is 11.8 Å². The topological polar surface area (TPSA) is 20.3 Å². The molecule has 0 atom stereocenters. The van der Waals surface area contributed by atoms with Crippen LogP contribution in [0, 0.1) is 0 Å². The Labute approximate surface area is 72.3 Å². The number of hydrogen-bond donors (Lipinski definition) is 0. The second-order valence-electron chi connectivity index (χ2n) is 2.94. The number of nitrogens with zero attached hydrogens (tertiary/aromatic N) is 1. The third-order valence-electron chi connectivity index (χ3n) is 2.22. The highest BCUT2D eigenvalue weighted by atomic mass is 32.2. The molecule has 0 radical (unpaired) electrons. The van der Waals surface area contributed by atoms with Crippen LogP contribution in [0.15, 0.2) is 0 Å². The zero-order chi connectivity index (χ0) is 8.27. The van der Waals surface area contributed by atoms with Crippen LogP contribution < -0.4 is 0 Å². The van der Waals surface area contributed by atoms with Gasteiger partial charge in [-0.15, -0.1) is 0 Å². The van der Waals surface area contributed by atoms with Gasteiger partial charge in [0.15, 0.2) is 0 Å². The highest BCUT2D eigenvalue weighted by Gasteiger charge is 2.19. The van der Waals surface area contributed by atoms with Crippen molar-refractivity contribution in [2.24, 2.45) is 0 Å². The van der Waals surface area contributed by atoms with E-state index < -0.39 is 0 Å². The van der Waals surface area contributed by atoms with E-state index in [0.29, 0.717) is 0 Å². The number of likely N-dealkylation sites (tertiary alicyclic amines) is 1. The first-order valence-electron chi connectivity index (χ1n) is 4.02. The number of carbonyl (C=O) groups is 1. The van der Waals surface area contributed by atoms with E-state index in [1.165, 1.54) is 12.8 Å². The summed E-state index contributed by atoms with van der Waals surface area (Å²) in [5.74, 6) is 0.226. The maximum absolute atomic E-state index is 10.9. The smallest absolute Gasteiger partial charge is 0.219 e. The van der Waals surface area contributed by atoms with Gasteiger partial charge in [0.2, 0.25) is 5.91 Å². The summed E-state index contributed by atoms with van der Waals surface area (Å²) in [6.45, 7) is 3.57. The summed E-state index contributed by atoms with van der Waals surface area (Å²) in [6.07, 6.45) is 4.48. The molecule has 1 heterocycles. The summed E-state index contributed by atoms with van der Waals surface area (Å²) < 4.78 is 0. The minimum atomic E-state index is 0.226. The standard InChI is InChI=1S/C8H15NOS/c1-7(10)9-5-3-8(11-2)4-6-9/h8H,3-6H2,1-2H3. The molecule has 0 aliphatic carbocycles. The lowest BCUT2D eigenvalue weighted by Crippen LogP contribution is -2.37. The number of rotatable bonds is 1. The molecular formula is C8H15NOS. The fourth-order valence-electron chi connectivity index (χ4n) is 1.41. The monoisotopic (exact) mass is 173 g/mol. The van der Waals surface area contributed by atoms with E-state index in [-0.39, 0.29) is 5.91 Å². The highest BCUT2D eigenvalue weighted by molar-refractivity contribution is 7.99. The van der Waals surface area contributed by atoms with E-state index in [1.54, 1.807) is 6.92 Å². The molecule has 11 heavy (non-hydrogen) atoms. The molecular weight excluding hydrogens is 158 g/mol. The van der Waals surface area contributed by atoms with Gasteiger partial charge in [0, 0.05) is 25.3 Å². The van der Waals surface area contributed by atoms with Crippen molar-refractivity contribution in [1.29, 1.82) is 0 Å². The Kier molecular flexibility index (Phi) is 3.24. The summed E-state index contributed by atoms with van der Waals surface area (Å²) in [5, 5.41) is 0.783. The lowest BCUT2D eigenvalue weighted by atomic mass is 10.1. The van der Waals surface area contributed by atoms with Gasteiger partial charge < -0.3 is 4.90 Å². The molecule has 0 spiro atoms. The average molecular weight is 173 g/mol. The van der Waals surface area contributed by atoms with E-state index in [2.05, 4.69) is 6.26 Å². The van der Waals surface area contributed by atoms with Crippen molar-refractivity contribution in [3.63, 3.8) is 0 Å². The quantitative estimate of drug-likeness (QED) is 0.597. The van der Waals surface area contributed by atoms with E-state index in [9.17, 15) is 4.79 Å². The number of hydrogen-bond acceptors (Lipinski definition) is 2. The number of piperidine rings is 1. The zero-order valence-corrected chi connectivity index (χ0v) is 7.99. The van der Waals surface area contributed by atoms with Crippen LogP contribution in [-0.4, -0.2) is 35.4 Å². The maximum Gasteiger partial charge on any atom is 0.219 e. The van der Waals surface area contributed by atoms with Crippen LogP contribution in [0.1, 0.15) is 19.8 Å². The molecule has 64 valence electrons.